The fraction of sp³-hybridized carbons (Fsp3) is 0.577. The van der Waals surface area contributed by atoms with Gasteiger partial charge in [0.05, 0.1) is 40.6 Å². The molecule has 19 nitrogen and oxygen atoms in total. The molecule has 0 unspecified atom stereocenters. The van der Waals surface area contributed by atoms with Crippen LogP contribution in [-0.2, 0) is 38.6 Å². The number of amides is 6. The molecule has 0 radical (unpaired) electrons. The van der Waals surface area contributed by atoms with Crippen molar-refractivity contribution < 1.29 is 48.0 Å². The number of likely N-dealkylation sites (N-methyl/N-ethyl adjacent to an activating group) is 2. The minimum Gasteiger partial charge on any atom is -0.493 e. The normalized spacial score (nSPS) is 16.1. The first-order valence-corrected chi connectivity index (χ1v) is 24.8. The van der Waals surface area contributed by atoms with Crippen LogP contribution in [0.1, 0.15) is 50.8 Å². The van der Waals surface area contributed by atoms with Gasteiger partial charge in [-0.1, -0.05) is 76.2 Å². The van der Waals surface area contributed by atoms with Crippen molar-refractivity contribution in [2.75, 3.05) is 114 Å². The molecule has 0 spiro atoms. The predicted molar refractivity (Wildman–Crippen MR) is 271 cm³/mol. The van der Waals surface area contributed by atoms with Crippen molar-refractivity contribution in [2.24, 2.45) is 11.8 Å². The van der Waals surface area contributed by atoms with Gasteiger partial charge >= 0.3 is 12.1 Å². The zero-order chi connectivity index (χ0) is 51.3. The fourth-order valence-electron chi connectivity index (χ4n) is 8.12. The Morgan fingerprint density at radius 3 is 1.87 bits per heavy atom. The van der Waals surface area contributed by atoms with Gasteiger partial charge in [0.15, 0.2) is 11.5 Å². The van der Waals surface area contributed by atoms with Gasteiger partial charge in [0.1, 0.15) is 18.4 Å². The number of methoxy groups -OCH3 is 2. The predicted octanol–water partition coefficient (Wildman–Crippen LogP) is 3.55. The summed E-state index contributed by atoms with van der Waals surface area (Å²) in [6, 6.07) is 20.3. The van der Waals surface area contributed by atoms with E-state index in [4.69, 9.17) is 23.7 Å². The van der Waals surface area contributed by atoms with Gasteiger partial charge in [0.25, 0.3) is 11.8 Å². The van der Waals surface area contributed by atoms with Crippen molar-refractivity contribution in [2.45, 2.75) is 71.5 Å². The van der Waals surface area contributed by atoms with E-state index >= 15 is 0 Å². The van der Waals surface area contributed by atoms with Crippen molar-refractivity contribution >= 4 is 23.9 Å². The molecule has 3 aromatic carbocycles. The number of hydrogen-bond donors (Lipinski definition) is 5. The van der Waals surface area contributed by atoms with Crippen LogP contribution in [0.3, 0.4) is 0 Å². The molecule has 19 heteroatoms. The highest BCUT2D eigenvalue weighted by molar-refractivity contribution is 5.90. The van der Waals surface area contributed by atoms with E-state index in [0.717, 1.165) is 42.9 Å². The molecule has 6 amide bonds. The van der Waals surface area contributed by atoms with E-state index in [0.29, 0.717) is 82.7 Å². The van der Waals surface area contributed by atoms with Gasteiger partial charge in [-0.05, 0) is 59.7 Å². The molecule has 0 aromatic heterocycles. The lowest BCUT2D eigenvalue weighted by Crippen LogP contribution is -2.66. The largest absolute Gasteiger partial charge is 0.493 e. The van der Waals surface area contributed by atoms with Gasteiger partial charge in [0.2, 0.25) is 5.72 Å². The number of benzene rings is 3. The molecule has 2 heterocycles. The molecule has 71 heavy (non-hydrogen) atoms. The summed E-state index contributed by atoms with van der Waals surface area (Å²) in [6.07, 6.45) is 0.961. The Hall–Kier alpha value is -5.70. The van der Waals surface area contributed by atoms with E-state index in [-0.39, 0.29) is 31.6 Å². The molecule has 2 aliphatic rings. The molecule has 2 aliphatic heterocycles. The standard InChI is InChI=1S/C52H79N9O10/c1-38(2)47(54-50(64)57(5)22-24-59-26-30-69-31-27-59)48(62)56-61(35-41-15-19-44(20-16-41)71-37-42-17-21-45(67-7)46(34-42)68-8)36-43(18-14-40-12-10-9-11-13-40)53-49(63)52(66,39(3)4)55-51(65)58(6)23-25-60-28-32-70-33-29-60/h9-13,15-17,19-21,34,38-39,43,47,66H,14,18,22-33,35-37H2,1-8H3,(H,53,63)(H,54,64)(H,55,65)(H,56,62)/t43-,47-,52+/m0/s1. The summed E-state index contributed by atoms with van der Waals surface area (Å²) in [5.41, 5.74) is 3.54. The van der Waals surface area contributed by atoms with Crippen molar-refractivity contribution in [3.63, 3.8) is 0 Å². The maximum Gasteiger partial charge on any atom is 0.319 e. The highest BCUT2D eigenvalue weighted by atomic mass is 16.5. The van der Waals surface area contributed by atoms with Crippen molar-refractivity contribution in [1.29, 1.82) is 0 Å². The molecule has 2 saturated heterocycles. The number of aliphatic hydroxyl groups is 1. The van der Waals surface area contributed by atoms with E-state index in [1.54, 1.807) is 52.1 Å². The van der Waals surface area contributed by atoms with Crippen LogP contribution in [0.2, 0.25) is 0 Å². The second-order valence-electron chi connectivity index (χ2n) is 18.9. The van der Waals surface area contributed by atoms with E-state index in [9.17, 15) is 24.3 Å². The number of nitrogens with one attached hydrogen (secondary N) is 4. The quantitative estimate of drug-likeness (QED) is 0.0579. The van der Waals surface area contributed by atoms with Crippen LogP contribution in [0.4, 0.5) is 9.59 Å². The number of ether oxygens (including phenoxy) is 5. The number of rotatable bonds is 26. The fourth-order valence-corrected chi connectivity index (χ4v) is 8.12. The first-order chi connectivity index (χ1) is 34.1. The van der Waals surface area contributed by atoms with Gasteiger partial charge in [-0.2, -0.15) is 0 Å². The van der Waals surface area contributed by atoms with Crippen LogP contribution in [0.15, 0.2) is 72.8 Å². The Morgan fingerprint density at radius 1 is 0.732 bits per heavy atom. The third-order valence-electron chi connectivity index (χ3n) is 12.9. The number of aryl methyl sites for hydroxylation is 1. The molecule has 5 N–H and O–H groups in total. The zero-order valence-electron chi connectivity index (χ0n) is 43.1. The summed E-state index contributed by atoms with van der Waals surface area (Å²) in [5, 5.41) is 22.4. The number of carbonyl (C=O) groups is 4. The van der Waals surface area contributed by atoms with Crippen LogP contribution in [0.5, 0.6) is 17.2 Å². The van der Waals surface area contributed by atoms with Crippen LogP contribution in [0.25, 0.3) is 0 Å². The van der Waals surface area contributed by atoms with Crippen LogP contribution >= 0.6 is 0 Å². The van der Waals surface area contributed by atoms with E-state index in [1.165, 1.54) is 4.90 Å². The lowest BCUT2D eigenvalue weighted by Gasteiger charge is -2.36. The molecule has 2 fully saturated rings. The summed E-state index contributed by atoms with van der Waals surface area (Å²) in [5.74, 6) is -0.400. The Bertz CT molecular complexity index is 2100. The number of urea groups is 2. The highest BCUT2D eigenvalue weighted by Gasteiger charge is 2.43. The first kappa shape index (κ1) is 56.2. The van der Waals surface area contributed by atoms with Crippen molar-refractivity contribution in [3.8, 4) is 17.2 Å². The molecule has 3 aromatic rings. The number of hydrogen-bond acceptors (Lipinski definition) is 13. The lowest BCUT2D eigenvalue weighted by molar-refractivity contribution is -0.148. The highest BCUT2D eigenvalue weighted by Crippen LogP contribution is 2.28. The third kappa shape index (κ3) is 17.8. The van der Waals surface area contributed by atoms with Gasteiger partial charge in [0, 0.05) is 91.5 Å². The Kier molecular flexibility index (Phi) is 22.5. The molecule has 0 aliphatic carbocycles. The van der Waals surface area contributed by atoms with Gasteiger partial charge in [-0.15, -0.1) is 0 Å². The monoisotopic (exact) mass is 990 g/mol. The van der Waals surface area contributed by atoms with Crippen molar-refractivity contribution in [1.82, 2.24) is 46.0 Å². The van der Waals surface area contributed by atoms with E-state index < -0.39 is 41.6 Å². The lowest BCUT2D eigenvalue weighted by atomic mass is 9.97. The Morgan fingerprint density at radius 2 is 1.31 bits per heavy atom. The van der Waals surface area contributed by atoms with E-state index in [2.05, 4.69) is 31.2 Å². The minimum absolute atomic E-state index is 0.0850. The number of nitrogens with zero attached hydrogens (tertiary/aromatic N) is 5. The summed E-state index contributed by atoms with van der Waals surface area (Å²) >= 11 is 0. The molecular formula is C52H79N9O10. The Labute approximate surface area is 420 Å². The Balaban J connectivity index is 1.36. The topological polar surface area (TPSA) is 199 Å². The van der Waals surface area contributed by atoms with Gasteiger partial charge in [-0.3, -0.25) is 24.8 Å². The minimum atomic E-state index is -2.28. The van der Waals surface area contributed by atoms with Crippen molar-refractivity contribution in [3.05, 3.63) is 89.5 Å². The van der Waals surface area contributed by atoms with Crippen LogP contribution in [0, 0.1) is 11.8 Å². The second kappa shape index (κ2) is 28.4. The van der Waals surface area contributed by atoms with Gasteiger partial charge in [-0.25, -0.2) is 14.6 Å². The van der Waals surface area contributed by atoms with Gasteiger partial charge < -0.3 is 54.5 Å². The molecule has 0 bridgehead atoms. The third-order valence-corrected chi connectivity index (χ3v) is 12.9. The summed E-state index contributed by atoms with van der Waals surface area (Å²) in [6.45, 7) is 15.4. The van der Waals surface area contributed by atoms with Crippen LogP contribution < -0.4 is 35.6 Å². The summed E-state index contributed by atoms with van der Waals surface area (Å²) < 4.78 is 27.9. The summed E-state index contributed by atoms with van der Waals surface area (Å²) in [7, 11) is 6.51. The molecular weight excluding hydrogens is 911 g/mol. The SMILES string of the molecule is COc1ccc(COc2ccc(CN(C[C@H](CCc3ccccc3)NC(=O)[C@@](O)(NC(=O)N(C)CCN3CCOCC3)C(C)C)NC(=O)[C@@H](NC(=O)N(C)CCN3CCOCC3)C(C)C)cc2)cc1OC. The molecule has 3 atom stereocenters. The average molecular weight is 990 g/mol. The zero-order valence-corrected chi connectivity index (χ0v) is 43.1. The molecule has 5 rings (SSSR count). The number of hydrazine groups is 1. The number of carbonyl (C=O) groups excluding carboxylic acids is 4. The second-order valence-corrected chi connectivity index (χ2v) is 18.9. The maximum atomic E-state index is 14.4. The number of morpholine rings is 2. The smallest absolute Gasteiger partial charge is 0.319 e. The molecule has 392 valence electrons. The molecule has 0 saturated carbocycles. The maximum absolute atomic E-state index is 14.4. The summed E-state index contributed by atoms with van der Waals surface area (Å²) in [4.78, 5) is 63.5. The first-order valence-electron chi connectivity index (χ1n) is 24.8. The van der Waals surface area contributed by atoms with E-state index in [1.807, 2.05) is 86.6 Å². The average Bonchev–Trinajstić information content (AvgIpc) is 3.38. The van der Waals surface area contributed by atoms with Crippen LogP contribution in [-0.4, -0.2) is 185 Å².